The van der Waals surface area contributed by atoms with Gasteiger partial charge in [0.2, 0.25) is 0 Å². The summed E-state index contributed by atoms with van der Waals surface area (Å²) in [7, 11) is 1.55. The average molecular weight is 366 g/mol. The Bertz CT molecular complexity index is 443. The monoisotopic (exact) mass is 365 g/mol. The Morgan fingerprint density at radius 2 is 2.35 bits per heavy atom. The fraction of sp³-hybridized carbons (Fsp3) is 0.182. The molecular weight excluding hydrogens is 352 g/mol. The molecule has 0 aromatic heterocycles. The molecule has 0 amide bonds. The number of anilines is 1. The predicted octanol–water partition coefficient (Wildman–Crippen LogP) is 2.33. The zero-order chi connectivity index (χ0) is 12.0. The van der Waals surface area contributed by atoms with Gasteiger partial charge in [-0.05, 0) is 18.2 Å². The van der Waals surface area contributed by atoms with E-state index < -0.39 is 0 Å². The van der Waals surface area contributed by atoms with Crippen molar-refractivity contribution < 1.29 is 4.74 Å². The van der Waals surface area contributed by atoms with Crippen LogP contribution < -0.4 is 15.8 Å². The lowest BCUT2D eigenvalue weighted by atomic mass is 10.3. The van der Waals surface area contributed by atoms with Gasteiger partial charge < -0.3 is 15.8 Å². The Kier molecular flexibility index (Phi) is 7.50. The summed E-state index contributed by atoms with van der Waals surface area (Å²) in [5, 5.41) is 3.36. The summed E-state index contributed by atoms with van der Waals surface area (Å²) >= 11 is 5.94. The minimum Gasteiger partial charge on any atom is -0.495 e. The van der Waals surface area contributed by atoms with Gasteiger partial charge in [-0.3, -0.25) is 0 Å². The van der Waals surface area contributed by atoms with E-state index in [2.05, 4.69) is 16.2 Å². The molecule has 17 heavy (non-hydrogen) atoms. The van der Waals surface area contributed by atoms with Crippen LogP contribution >= 0.6 is 35.6 Å². The minimum absolute atomic E-state index is 0. The number of halogens is 2. The second-order valence-corrected chi connectivity index (χ2v) is 3.29. The van der Waals surface area contributed by atoms with Gasteiger partial charge >= 0.3 is 0 Å². The van der Waals surface area contributed by atoms with Crippen LogP contribution in [0.4, 0.5) is 5.69 Å². The van der Waals surface area contributed by atoms with Crippen LogP contribution in [0.5, 0.6) is 5.75 Å². The highest BCUT2D eigenvalue weighted by Crippen LogP contribution is 2.26. The SMILES string of the molecule is C#CCN=C(N)Nc1ccc(OC)c(Cl)c1.I. The van der Waals surface area contributed by atoms with E-state index in [-0.39, 0.29) is 36.5 Å². The maximum absolute atomic E-state index is 5.94. The van der Waals surface area contributed by atoms with Crippen molar-refractivity contribution in [3.05, 3.63) is 23.2 Å². The minimum atomic E-state index is 0. The molecule has 6 heteroatoms. The first-order valence-corrected chi connectivity index (χ1v) is 4.89. The number of ether oxygens (including phenoxy) is 1. The molecule has 92 valence electrons. The third-order valence-electron chi connectivity index (χ3n) is 1.76. The lowest BCUT2D eigenvalue weighted by molar-refractivity contribution is 0.415. The molecule has 0 atom stereocenters. The van der Waals surface area contributed by atoms with Gasteiger partial charge in [0, 0.05) is 5.69 Å². The van der Waals surface area contributed by atoms with Gasteiger partial charge in [-0.2, -0.15) is 0 Å². The molecule has 0 aliphatic carbocycles. The van der Waals surface area contributed by atoms with Crippen molar-refractivity contribution >= 4 is 47.2 Å². The van der Waals surface area contributed by atoms with Gasteiger partial charge in [0.15, 0.2) is 5.96 Å². The molecule has 1 rings (SSSR count). The van der Waals surface area contributed by atoms with Crippen molar-refractivity contribution in [2.45, 2.75) is 0 Å². The van der Waals surface area contributed by atoms with E-state index in [1.165, 1.54) is 0 Å². The maximum Gasteiger partial charge on any atom is 0.194 e. The summed E-state index contributed by atoms with van der Waals surface area (Å²) in [4.78, 5) is 3.88. The van der Waals surface area contributed by atoms with Crippen molar-refractivity contribution in [3.63, 3.8) is 0 Å². The summed E-state index contributed by atoms with van der Waals surface area (Å²) in [6.07, 6.45) is 5.05. The third-order valence-corrected chi connectivity index (χ3v) is 2.06. The van der Waals surface area contributed by atoms with Crippen molar-refractivity contribution in [1.29, 1.82) is 0 Å². The quantitative estimate of drug-likeness (QED) is 0.374. The fourth-order valence-electron chi connectivity index (χ4n) is 1.06. The zero-order valence-electron chi connectivity index (χ0n) is 9.24. The molecule has 0 spiro atoms. The number of guanidine groups is 1. The number of aliphatic imine (C=N–C) groups is 1. The second kappa shape index (κ2) is 8.03. The molecule has 0 aliphatic rings. The Labute approximate surface area is 123 Å². The molecule has 0 heterocycles. The van der Waals surface area contributed by atoms with E-state index in [4.69, 9.17) is 28.5 Å². The highest BCUT2D eigenvalue weighted by atomic mass is 127. The summed E-state index contributed by atoms with van der Waals surface area (Å²) in [6.45, 7) is 0.239. The standard InChI is InChI=1S/C11H12ClN3O.HI/c1-3-6-14-11(13)15-8-4-5-10(16-2)9(12)7-8;/h1,4-5,7H,6H2,2H3,(H3,13,14,15);1H. The number of nitrogens with one attached hydrogen (secondary N) is 1. The van der Waals surface area contributed by atoms with Gasteiger partial charge in [0.05, 0.1) is 12.1 Å². The molecule has 4 nitrogen and oxygen atoms in total. The zero-order valence-corrected chi connectivity index (χ0v) is 12.3. The first kappa shape index (κ1) is 15.9. The molecule has 0 aliphatic heterocycles. The number of terminal acetylenes is 1. The molecule has 1 aromatic carbocycles. The Morgan fingerprint density at radius 1 is 1.65 bits per heavy atom. The maximum atomic E-state index is 5.94. The van der Waals surface area contributed by atoms with Crippen LogP contribution in [-0.4, -0.2) is 19.6 Å². The first-order chi connectivity index (χ1) is 7.67. The highest BCUT2D eigenvalue weighted by molar-refractivity contribution is 14.0. The molecule has 0 unspecified atom stereocenters. The van der Waals surface area contributed by atoms with Crippen molar-refractivity contribution in [2.75, 3.05) is 19.0 Å². The van der Waals surface area contributed by atoms with Gasteiger partial charge in [0.25, 0.3) is 0 Å². The lowest BCUT2D eigenvalue weighted by Crippen LogP contribution is -2.22. The van der Waals surface area contributed by atoms with Crippen LogP contribution in [0.2, 0.25) is 5.02 Å². The number of nitrogens with two attached hydrogens (primary N) is 1. The smallest absolute Gasteiger partial charge is 0.194 e. The number of hydrogen-bond donors (Lipinski definition) is 2. The number of nitrogens with zero attached hydrogens (tertiary/aromatic N) is 1. The van der Waals surface area contributed by atoms with Gasteiger partial charge in [-0.25, -0.2) is 4.99 Å². The van der Waals surface area contributed by atoms with Crippen LogP contribution in [0, 0.1) is 12.3 Å². The molecule has 0 saturated heterocycles. The summed E-state index contributed by atoms with van der Waals surface area (Å²) < 4.78 is 5.02. The lowest BCUT2D eigenvalue weighted by Gasteiger charge is -2.07. The molecule has 0 bridgehead atoms. The van der Waals surface area contributed by atoms with Gasteiger partial charge in [0.1, 0.15) is 12.3 Å². The fourth-order valence-corrected chi connectivity index (χ4v) is 1.32. The molecule has 3 N–H and O–H groups in total. The van der Waals surface area contributed by atoms with Crippen LogP contribution in [0.3, 0.4) is 0 Å². The normalized spacial score (nSPS) is 10.1. The number of hydrogen-bond acceptors (Lipinski definition) is 2. The van der Waals surface area contributed by atoms with Crippen LogP contribution in [-0.2, 0) is 0 Å². The topological polar surface area (TPSA) is 59.6 Å². The molecule has 1 aromatic rings. The van der Waals surface area contributed by atoms with Gasteiger partial charge in [-0.15, -0.1) is 30.4 Å². The molecule has 0 radical (unpaired) electrons. The summed E-state index contributed by atoms with van der Waals surface area (Å²) in [6, 6.07) is 5.21. The summed E-state index contributed by atoms with van der Waals surface area (Å²) in [5.41, 5.74) is 6.31. The Hall–Kier alpha value is -1.13. The van der Waals surface area contributed by atoms with Crippen LogP contribution in [0.25, 0.3) is 0 Å². The number of methoxy groups -OCH3 is 1. The number of benzene rings is 1. The van der Waals surface area contributed by atoms with E-state index >= 15 is 0 Å². The Morgan fingerprint density at radius 3 is 2.88 bits per heavy atom. The van der Waals surface area contributed by atoms with E-state index in [0.29, 0.717) is 10.8 Å². The third kappa shape index (κ3) is 5.15. The van der Waals surface area contributed by atoms with Crippen molar-refractivity contribution in [1.82, 2.24) is 0 Å². The van der Waals surface area contributed by atoms with Crippen LogP contribution in [0.1, 0.15) is 0 Å². The molecule has 0 saturated carbocycles. The first-order valence-electron chi connectivity index (χ1n) is 4.51. The van der Waals surface area contributed by atoms with E-state index in [0.717, 1.165) is 5.69 Å². The Balaban J connectivity index is 0.00000256. The highest BCUT2D eigenvalue weighted by Gasteiger charge is 2.01. The average Bonchev–Trinajstić information content (AvgIpc) is 2.26. The van der Waals surface area contributed by atoms with E-state index in [1.54, 1.807) is 25.3 Å². The van der Waals surface area contributed by atoms with Crippen molar-refractivity contribution in [3.8, 4) is 18.1 Å². The predicted molar refractivity (Wildman–Crippen MR) is 82.4 cm³/mol. The second-order valence-electron chi connectivity index (χ2n) is 2.88. The van der Waals surface area contributed by atoms with Gasteiger partial charge in [-0.1, -0.05) is 17.5 Å². The molecular formula is C11H13ClIN3O. The molecule has 0 fully saturated rings. The van der Waals surface area contributed by atoms with E-state index in [1.807, 2.05) is 0 Å². The largest absolute Gasteiger partial charge is 0.495 e. The van der Waals surface area contributed by atoms with Crippen LogP contribution in [0.15, 0.2) is 23.2 Å². The van der Waals surface area contributed by atoms with Crippen molar-refractivity contribution in [2.24, 2.45) is 10.7 Å². The summed E-state index contributed by atoms with van der Waals surface area (Å²) in [5.74, 6) is 3.21. The van der Waals surface area contributed by atoms with E-state index in [9.17, 15) is 0 Å². The number of rotatable bonds is 3.